The van der Waals surface area contributed by atoms with Crippen LogP contribution < -0.4 is 15.4 Å². The number of nitrogens with one attached hydrogen (secondary N) is 2. The number of nitrogens with zero attached hydrogens (tertiary/aromatic N) is 2. The highest BCUT2D eigenvalue weighted by Crippen LogP contribution is 2.35. The third-order valence-corrected chi connectivity index (χ3v) is 9.80. The lowest BCUT2D eigenvalue weighted by Crippen LogP contribution is -2.50. The fourth-order valence-corrected chi connectivity index (χ4v) is 6.59. The number of hydrogen-bond acceptors (Lipinski definition) is 6. The van der Waals surface area contributed by atoms with Crippen LogP contribution in [0.15, 0.2) is 89.8 Å². The Hall–Kier alpha value is -4.52. The predicted octanol–water partition coefficient (Wildman–Crippen LogP) is 5.16. The minimum absolute atomic E-state index is 0.0546. The molecule has 12 heteroatoms. The number of rotatable bonds is 8. The van der Waals surface area contributed by atoms with Gasteiger partial charge in [0.1, 0.15) is 16.8 Å². The lowest BCUT2D eigenvalue weighted by Gasteiger charge is -2.38. The number of fused-ring (bicyclic) bond motifs is 2. The Bertz CT molecular complexity index is 1830. The second kappa shape index (κ2) is 13.2. The Balaban J connectivity index is 1.49. The highest BCUT2D eigenvalue weighted by molar-refractivity contribution is 7.89. The van der Waals surface area contributed by atoms with Gasteiger partial charge in [-0.05, 0) is 42.6 Å². The van der Waals surface area contributed by atoms with E-state index in [1.54, 1.807) is 38.1 Å². The van der Waals surface area contributed by atoms with Gasteiger partial charge >= 0.3 is 6.03 Å². The summed E-state index contributed by atoms with van der Waals surface area (Å²) in [6.45, 7) is 3.16. The smallest absolute Gasteiger partial charge is 0.323 e. The summed E-state index contributed by atoms with van der Waals surface area (Å²) in [7, 11) is -2.91. The quantitative estimate of drug-likeness (QED) is 0.246. The number of aliphatic hydroxyl groups excluding tert-OH is 1. The van der Waals surface area contributed by atoms with Crippen LogP contribution in [0.4, 0.5) is 20.6 Å². The molecule has 5 rings (SSSR count). The lowest BCUT2D eigenvalue weighted by molar-refractivity contribution is 0.0389. The lowest BCUT2D eigenvalue weighted by atomic mass is 9.99. The van der Waals surface area contributed by atoms with Gasteiger partial charge in [0, 0.05) is 24.9 Å². The van der Waals surface area contributed by atoms with Crippen LogP contribution >= 0.6 is 0 Å². The molecule has 0 fully saturated rings. The van der Waals surface area contributed by atoms with Crippen LogP contribution in [-0.4, -0.2) is 73.6 Å². The van der Waals surface area contributed by atoms with Gasteiger partial charge in [-0.15, -0.1) is 0 Å². The van der Waals surface area contributed by atoms with Crippen molar-refractivity contribution in [2.75, 3.05) is 37.4 Å². The maximum absolute atomic E-state index is 14.5. The van der Waals surface area contributed by atoms with Gasteiger partial charge in [0.25, 0.3) is 5.91 Å². The Morgan fingerprint density at radius 1 is 1.02 bits per heavy atom. The normalized spacial score (nSPS) is 17.6. The van der Waals surface area contributed by atoms with Gasteiger partial charge in [0.15, 0.2) is 5.75 Å². The highest BCUT2D eigenvalue weighted by Gasteiger charge is 2.36. The Morgan fingerprint density at radius 3 is 2.42 bits per heavy atom. The number of amides is 3. The van der Waals surface area contributed by atoms with E-state index in [4.69, 9.17) is 4.74 Å². The number of halogens is 1. The molecule has 0 saturated carbocycles. The standard InChI is InChI=1S/C33H35FN4O6S/c1-21-18-38(22(2)20-39)32(40)25-13-9-16-28(36-33(41)35-27-15-8-11-23-10-4-5-12-24(23)27)31(25)44-29(21)19-37(3)45(42,43)30-17-7-6-14-26(30)34/h4-17,21-22,29,39H,18-20H2,1-3H3,(H2,35,36,41)/t21-,22+,29+/m1/s1. The molecular formula is C33H35FN4O6S. The molecule has 0 spiro atoms. The number of para-hydroxylation sites is 1. The minimum atomic E-state index is -4.24. The number of sulfonamides is 1. The number of carbonyl (C=O) groups excluding carboxylic acids is 2. The van der Waals surface area contributed by atoms with Gasteiger partial charge in [0.05, 0.1) is 36.1 Å². The molecule has 0 bridgehead atoms. The van der Waals surface area contributed by atoms with E-state index in [0.29, 0.717) is 5.69 Å². The van der Waals surface area contributed by atoms with Crippen LogP contribution in [-0.2, 0) is 10.0 Å². The largest absolute Gasteiger partial charge is 0.486 e. The van der Waals surface area contributed by atoms with E-state index in [9.17, 15) is 27.5 Å². The van der Waals surface area contributed by atoms with E-state index in [0.717, 1.165) is 21.1 Å². The molecule has 0 aliphatic carbocycles. The molecule has 0 saturated heterocycles. The number of aliphatic hydroxyl groups is 1. The van der Waals surface area contributed by atoms with Gasteiger partial charge < -0.3 is 25.4 Å². The van der Waals surface area contributed by atoms with Gasteiger partial charge in [0.2, 0.25) is 10.0 Å². The zero-order valence-corrected chi connectivity index (χ0v) is 25.9. The molecule has 4 aromatic rings. The molecule has 1 heterocycles. The average Bonchev–Trinajstić information content (AvgIpc) is 3.02. The number of benzene rings is 4. The van der Waals surface area contributed by atoms with Crippen LogP contribution in [0.1, 0.15) is 24.2 Å². The second-order valence-electron chi connectivity index (χ2n) is 11.1. The topological polar surface area (TPSA) is 128 Å². The highest BCUT2D eigenvalue weighted by atomic mass is 32.2. The number of likely N-dealkylation sites (N-methyl/N-ethyl adjacent to an activating group) is 1. The monoisotopic (exact) mass is 634 g/mol. The SMILES string of the molecule is C[C@@H]1CN([C@@H](C)CO)C(=O)c2cccc(NC(=O)Nc3cccc4ccccc34)c2O[C@H]1CN(C)S(=O)(=O)c1ccccc1F. The Morgan fingerprint density at radius 2 is 1.67 bits per heavy atom. The number of ether oxygens (including phenoxy) is 1. The van der Waals surface area contributed by atoms with Crippen molar-refractivity contribution < 1.29 is 32.2 Å². The summed E-state index contributed by atoms with van der Waals surface area (Å²) in [6, 6.07) is 21.8. The van der Waals surface area contributed by atoms with Crippen LogP contribution in [0.25, 0.3) is 10.8 Å². The van der Waals surface area contributed by atoms with Gasteiger partial charge in [-0.25, -0.2) is 17.6 Å². The van der Waals surface area contributed by atoms with Crippen molar-refractivity contribution in [2.45, 2.75) is 30.9 Å². The van der Waals surface area contributed by atoms with Gasteiger partial charge in [-0.3, -0.25) is 4.79 Å². The minimum Gasteiger partial charge on any atom is -0.486 e. The first kappa shape index (κ1) is 31.9. The van der Waals surface area contributed by atoms with Crippen molar-refractivity contribution in [3.05, 3.63) is 96.3 Å². The fraction of sp³-hybridized carbons (Fsp3) is 0.273. The van der Waals surface area contributed by atoms with E-state index in [2.05, 4.69) is 10.6 Å². The molecule has 0 radical (unpaired) electrons. The summed E-state index contributed by atoms with van der Waals surface area (Å²) in [4.78, 5) is 28.1. The molecule has 3 amide bonds. The molecular weight excluding hydrogens is 599 g/mol. The Labute approximate surface area is 261 Å². The number of hydrogen-bond donors (Lipinski definition) is 3. The summed E-state index contributed by atoms with van der Waals surface area (Å²) < 4.78 is 48.6. The van der Waals surface area contributed by atoms with E-state index >= 15 is 0 Å². The maximum Gasteiger partial charge on any atom is 0.323 e. The summed E-state index contributed by atoms with van der Waals surface area (Å²) in [6.07, 6.45) is -0.833. The Kier molecular flexibility index (Phi) is 9.37. The van der Waals surface area contributed by atoms with E-state index in [1.165, 1.54) is 30.1 Å². The summed E-state index contributed by atoms with van der Waals surface area (Å²) in [5.41, 5.74) is 0.902. The van der Waals surface area contributed by atoms with Crippen LogP contribution in [0.2, 0.25) is 0 Å². The first-order valence-electron chi connectivity index (χ1n) is 14.5. The van der Waals surface area contributed by atoms with Crippen molar-refractivity contribution >= 4 is 44.1 Å². The van der Waals surface area contributed by atoms with Crippen molar-refractivity contribution in [1.29, 1.82) is 0 Å². The first-order valence-corrected chi connectivity index (χ1v) is 15.9. The molecule has 10 nitrogen and oxygen atoms in total. The van der Waals surface area contributed by atoms with Crippen molar-refractivity contribution in [1.82, 2.24) is 9.21 Å². The summed E-state index contributed by atoms with van der Waals surface area (Å²) in [5, 5.41) is 17.4. The van der Waals surface area contributed by atoms with Gasteiger partial charge in [-0.2, -0.15) is 4.31 Å². The zero-order valence-electron chi connectivity index (χ0n) is 25.1. The van der Waals surface area contributed by atoms with E-state index in [1.807, 2.05) is 36.4 Å². The second-order valence-corrected chi connectivity index (χ2v) is 13.1. The van der Waals surface area contributed by atoms with E-state index < -0.39 is 50.7 Å². The number of anilines is 2. The molecule has 4 aromatic carbocycles. The predicted molar refractivity (Wildman–Crippen MR) is 170 cm³/mol. The van der Waals surface area contributed by atoms with Crippen LogP contribution in [0.5, 0.6) is 5.75 Å². The van der Waals surface area contributed by atoms with Crippen molar-refractivity contribution in [3.63, 3.8) is 0 Å². The summed E-state index contributed by atoms with van der Waals surface area (Å²) in [5.74, 6) is -1.67. The van der Waals surface area contributed by atoms with Crippen LogP contribution in [0, 0.1) is 11.7 Å². The molecule has 3 N–H and O–H groups in total. The number of carbonyl (C=O) groups is 2. The molecule has 0 aromatic heterocycles. The molecule has 236 valence electrons. The fourth-order valence-electron chi connectivity index (χ4n) is 5.34. The third-order valence-electron chi connectivity index (χ3n) is 7.94. The van der Waals surface area contributed by atoms with Gasteiger partial charge in [-0.1, -0.05) is 61.5 Å². The molecule has 0 unspecified atom stereocenters. The molecule has 45 heavy (non-hydrogen) atoms. The van der Waals surface area contributed by atoms with E-state index in [-0.39, 0.29) is 36.7 Å². The number of urea groups is 1. The van der Waals surface area contributed by atoms with Crippen molar-refractivity contribution in [2.24, 2.45) is 5.92 Å². The molecule has 1 aliphatic rings. The summed E-state index contributed by atoms with van der Waals surface area (Å²) >= 11 is 0. The van der Waals surface area contributed by atoms with Crippen LogP contribution in [0.3, 0.4) is 0 Å². The average molecular weight is 635 g/mol. The van der Waals surface area contributed by atoms with Crippen molar-refractivity contribution in [3.8, 4) is 5.75 Å². The molecule has 1 aliphatic heterocycles. The third kappa shape index (κ3) is 6.63. The first-order chi connectivity index (χ1) is 21.5. The molecule has 3 atom stereocenters. The maximum atomic E-state index is 14.5. The zero-order chi connectivity index (χ0) is 32.3.